The molecular formula is C23H25NO5. The number of carbonyl (C=O) groups excluding carboxylic acids is 2. The summed E-state index contributed by atoms with van der Waals surface area (Å²) in [5.74, 6) is 0.188. The molecule has 1 aliphatic heterocycles. The average Bonchev–Trinajstić information content (AvgIpc) is 3.13. The van der Waals surface area contributed by atoms with Crippen LogP contribution >= 0.6 is 0 Å². The highest BCUT2D eigenvalue weighted by Gasteiger charge is 2.49. The van der Waals surface area contributed by atoms with Gasteiger partial charge in [-0.15, -0.1) is 0 Å². The van der Waals surface area contributed by atoms with Crippen LogP contribution in [-0.4, -0.2) is 37.0 Å². The lowest BCUT2D eigenvalue weighted by Gasteiger charge is -2.27. The normalized spacial score (nSPS) is 21.7. The predicted molar refractivity (Wildman–Crippen MR) is 107 cm³/mol. The van der Waals surface area contributed by atoms with Gasteiger partial charge in [0.2, 0.25) is 0 Å². The largest absolute Gasteiger partial charge is 0.468 e. The third-order valence-electron chi connectivity index (χ3n) is 6.35. The maximum absolute atomic E-state index is 13.2. The molecule has 152 valence electrons. The molecule has 0 spiro atoms. The minimum absolute atomic E-state index is 0.0572. The molecule has 1 unspecified atom stereocenters. The molecule has 0 bridgehead atoms. The third kappa shape index (κ3) is 3.26. The van der Waals surface area contributed by atoms with Crippen molar-refractivity contribution in [2.45, 2.75) is 43.9 Å². The van der Waals surface area contributed by atoms with Gasteiger partial charge in [0.05, 0.1) is 7.11 Å². The van der Waals surface area contributed by atoms with E-state index < -0.39 is 16.9 Å². The predicted octanol–water partition coefficient (Wildman–Crippen LogP) is 3.17. The standard InChI is InChI=1S/C23H25NO5/c1-15-13-18(16-7-6-8-16)29-21(26)19(15)20(25)24-12-11-23(14-24,22(27)28-2)17-9-4-3-5-10-17/h3-5,9-10,13,16H,6-8,11-12,14H2,1-2H3. The molecule has 1 atom stereocenters. The Hall–Kier alpha value is -2.89. The first-order valence-corrected chi connectivity index (χ1v) is 10.0. The lowest BCUT2D eigenvalue weighted by Crippen LogP contribution is -2.42. The fourth-order valence-corrected chi connectivity index (χ4v) is 4.40. The molecule has 2 aromatic rings. The second-order valence-corrected chi connectivity index (χ2v) is 8.04. The molecule has 1 amide bonds. The van der Waals surface area contributed by atoms with Crippen molar-refractivity contribution in [2.24, 2.45) is 0 Å². The molecule has 1 aromatic carbocycles. The molecule has 1 saturated carbocycles. The van der Waals surface area contributed by atoms with Crippen molar-refractivity contribution >= 4 is 11.9 Å². The van der Waals surface area contributed by atoms with Gasteiger partial charge in [0, 0.05) is 19.0 Å². The first kappa shape index (κ1) is 19.4. The molecule has 4 rings (SSSR count). The number of methoxy groups -OCH3 is 1. The topological polar surface area (TPSA) is 76.8 Å². The van der Waals surface area contributed by atoms with Gasteiger partial charge in [-0.2, -0.15) is 0 Å². The summed E-state index contributed by atoms with van der Waals surface area (Å²) in [6, 6.07) is 11.2. The van der Waals surface area contributed by atoms with Gasteiger partial charge < -0.3 is 14.1 Å². The van der Waals surface area contributed by atoms with Crippen LogP contribution in [0.2, 0.25) is 0 Å². The monoisotopic (exact) mass is 395 g/mol. The highest BCUT2D eigenvalue weighted by molar-refractivity contribution is 5.96. The zero-order valence-electron chi connectivity index (χ0n) is 16.8. The highest BCUT2D eigenvalue weighted by Crippen LogP contribution is 2.38. The summed E-state index contributed by atoms with van der Waals surface area (Å²) < 4.78 is 10.6. The van der Waals surface area contributed by atoms with Crippen LogP contribution in [0.3, 0.4) is 0 Å². The van der Waals surface area contributed by atoms with Crippen molar-refractivity contribution in [3.05, 3.63) is 69.3 Å². The first-order chi connectivity index (χ1) is 14.0. The molecule has 0 radical (unpaired) electrons. The molecule has 1 aromatic heterocycles. The number of hydrogen-bond donors (Lipinski definition) is 0. The van der Waals surface area contributed by atoms with Crippen molar-refractivity contribution in [2.75, 3.05) is 20.2 Å². The Kier molecular flexibility index (Phi) is 5.03. The number of rotatable bonds is 4. The molecule has 2 heterocycles. The molecule has 2 fully saturated rings. The van der Waals surface area contributed by atoms with E-state index in [2.05, 4.69) is 0 Å². The molecule has 1 aliphatic carbocycles. The van der Waals surface area contributed by atoms with Crippen molar-refractivity contribution in [3.63, 3.8) is 0 Å². The Labute approximate surface area is 169 Å². The maximum Gasteiger partial charge on any atom is 0.349 e. The van der Waals surface area contributed by atoms with E-state index >= 15 is 0 Å². The Morgan fingerprint density at radius 1 is 1.21 bits per heavy atom. The van der Waals surface area contributed by atoms with Crippen LogP contribution in [0, 0.1) is 6.92 Å². The summed E-state index contributed by atoms with van der Waals surface area (Å²) in [4.78, 5) is 40.1. The summed E-state index contributed by atoms with van der Waals surface area (Å²) in [5.41, 5.74) is -0.0188. The summed E-state index contributed by atoms with van der Waals surface area (Å²) in [6.07, 6.45) is 3.61. The average molecular weight is 395 g/mol. The summed E-state index contributed by atoms with van der Waals surface area (Å²) in [7, 11) is 1.36. The number of aryl methyl sites for hydroxylation is 1. The molecule has 6 nitrogen and oxygen atoms in total. The van der Waals surface area contributed by atoms with Crippen LogP contribution in [0.4, 0.5) is 0 Å². The Balaban J connectivity index is 1.64. The first-order valence-electron chi connectivity index (χ1n) is 10.0. The van der Waals surface area contributed by atoms with E-state index in [-0.39, 0.29) is 24.0 Å². The third-order valence-corrected chi connectivity index (χ3v) is 6.35. The number of hydrogen-bond acceptors (Lipinski definition) is 5. The van der Waals surface area contributed by atoms with Crippen LogP contribution in [0.25, 0.3) is 0 Å². The fourth-order valence-electron chi connectivity index (χ4n) is 4.40. The van der Waals surface area contributed by atoms with Crippen molar-refractivity contribution in [1.29, 1.82) is 0 Å². The van der Waals surface area contributed by atoms with Crippen molar-refractivity contribution in [1.82, 2.24) is 4.90 Å². The van der Waals surface area contributed by atoms with Gasteiger partial charge in [-0.3, -0.25) is 9.59 Å². The van der Waals surface area contributed by atoms with Gasteiger partial charge >= 0.3 is 11.6 Å². The van der Waals surface area contributed by atoms with E-state index in [1.165, 1.54) is 7.11 Å². The van der Waals surface area contributed by atoms with Crippen LogP contribution in [0.1, 0.15) is 58.8 Å². The Morgan fingerprint density at radius 3 is 2.52 bits per heavy atom. The highest BCUT2D eigenvalue weighted by atomic mass is 16.5. The van der Waals surface area contributed by atoms with E-state index in [1.807, 2.05) is 36.4 Å². The van der Waals surface area contributed by atoms with E-state index in [9.17, 15) is 14.4 Å². The van der Waals surface area contributed by atoms with Crippen molar-refractivity contribution in [3.8, 4) is 0 Å². The fraction of sp³-hybridized carbons (Fsp3) is 0.435. The van der Waals surface area contributed by atoms with Gasteiger partial charge in [0.25, 0.3) is 5.91 Å². The van der Waals surface area contributed by atoms with Gasteiger partial charge in [0.15, 0.2) is 0 Å². The van der Waals surface area contributed by atoms with Crippen molar-refractivity contribution < 1.29 is 18.7 Å². The summed E-state index contributed by atoms with van der Waals surface area (Å²) in [6.45, 7) is 2.31. The quantitative estimate of drug-likeness (QED) is 0.743. The number of ether oxygens (including phenoxy) is 1. The number of benzene rings is 1. The number of esters is 1. The molecule has 2 aliphatic rings. The molecule has 29 heavy (non-hydrogen) atoms. The smallest absolute Gasteiger partial charge is 0.349 e. The molecule has 6 heteroatoms. The maximum atomic E-state index is 13.2. The number of likely N-dealkylation sites (tertiary alicyclic amines) is 1. The van der Waals surface area contributed by atoms with Crippen LogP contribution in [-0.2, 0) is 14.9 Å². The number of amides is 1. The molecular weight excluding hydrogens is 370 g/mol. The Morgan fingerprint density at radius 2 is 1.93 bits per heavy atom. The second-order valence-electron chi connectivity index (χ2n) is 8.04. The van der Waals surface area contributed by atoms with Crippen LogP contribution in [0.15, 0.2) is 45.6 Å². The molecule has 1 saturated heterocycles. The van der Waals surface area contributed by atoms with Crippen LogP contribution in [0.5, 0.6) is 0 Å². The van der Waals surface area contributed by atoms with Gasteiger partial charge in [-0.05, 0) is 43.4 Å². The van der Waals surface area contributed by atoms with Gasteiger partial charge in [-0.25, -0.2) is 4.79 Å². The summed E-state index contributed by atoms with van der Waals surface area (Å²) >= 11 is 0. The zero-order chi connectivity index (χ0) is 20.6. The SMILES string of the molecule is COC(=O)C1(c2ccccc2)CCN(C(=O)c2c(C)cc(C3CCC3)oc2=O)C1. The lowest BCUT2D eigenvalue weighted by molar-refractivity contribution is -0.147. The van der Waals surface area contributed by atoms with E-state index in [0.29, 0.717) is 24.3 Å². The lowest BCUT2D eigenvalue weighted by atomic mass is 9.79. The molecule has 0 N–H and O–H groups in total. The Bertz CT molecular complexity index is 992. The number of nitrogens with zero attached hydrogens (tertiary/aromatic N) is 1. The zero-order valence-corrected chi connectivity index (χ0v) is 16.8. The van der Waals surface area contributed by atoms with Crippen LogP contribution < -0.4 is 5.63 Å². The van der Waals surface area contributed by atoms with E-state index in [1.54, 1.807) is 11.8 Å². The van der Waals surface area contributed by atoms with E-state index in [4.69, 9.17) is 9.15 Å². The number of carbonyl (C=O) groups is 2. The van der Waals surface area contributed by atoms with Gasteiger partial charge in [0.1, 0.15) is 16.7 Å². The van der Waals surface area contributed by atoms with Gasteiger partial charge in [-0.1, -0.05) is 36.8 Å². The second kappa shape index (κ2) is 7.50. The minimum atomic E-state index is -0.925. The van der Waals surface area contributed by atoms with E-state index in [0.717, 1.165) is 24.8 Å². The minimum Gasteiger partial charge on any atom is -0.468 e. The summed E-state index contributed by atoms with van der Waals surface area (Å²) in [5, 5.41) is 0.